The minimum Gasteiger partial charge on any atom is -0.497 e. The molecule has 182 valence electrons. The number of rotatable bonds is 9. The molecule has 0 bridgehead atoms. The summed E-state index contributed by atoms with van der Waals surface area (Å²) < 4.78 is 10.5. The fourth-order valence-electron chi connectivity index (χ4n) is 5.84. The Labute approximate surface area is 198 Å². The number of urea groups is 1. The molecule has 3 amide bonds. The van der Waals surface area contributed by atoms with Crippen LogP contribution < -0.4 is 4.74 Å². The highest BCUT2D eigenvalue weighted by Gasteiger charge is 2.57. The number of hydrogen-bond acceptors (Lipinski definition) is 5. The molecule has 2 heterocycles. The molecular weight excluding hydrogens is 418 g/mol. The van der Waals surface area contributed by atoms with Crippen LogP contribution in [0.25, 0.3) is 0 Å². The lowest BCUT2D eigenvalue weighted by atomic mass is 9.84. The second-order valence-corrected chi connectivity index (χ2v) is 9.86. The predicted octanol–water partition coefficient (Wildman–Crippen LogP) is 3.91. The number of imide groups is 1. The Kier molecular flexibility index (Phi) is 7.91. The molecular formula is C26H39N3O4. The Morgan fingerprint density at radius 2 is 1.70 bits per heavy atom. The van der Waals surface area contributed by atoms with Crippen molar-refractivity contribution in [2.45, 2.75) is 63.5 Å². The number of carbonyl (C=O) groups excluding carboxylic acids is 2. The van der Waals surface area contributed by atoms with Gasteiger partial charge in [-0.2, -0.15) is 0 Å². The first-order valence-electron chi connectivity index (χ1n) is 12.5. The van der Waals surface area contributed by atoms with Crippen LogP contribution in [0.1, 0.15) is 56.9 Å². The molecule has 0 atom stereocenters. The van der Waals surface area contributed by atoms with Crippen molar-refractivity contribution in [3.63, 3.8) is 0 Å². The maximum absolute atomic E-state index is 13.7. The van der Waals surface area contributed by atoms with Crippen LogP contribution in [0.2, 0.25) is 0 Å². The minimum absolute atomic E-state index is 0.0296. The summed E-state index contributed by atoms with van der Waals surface area (Å²) in [5.41, 5.74) is 0.224. The number of likely N-dealkylation sites (tertiary alicyclic amines) is 1. The van der Waals surface area contributed by atoms with Crippen LogP contribution in [0, 0.1) is 5.92 Å². The van der Waals surface area contributed by atoms with E-state index in [0.717, 1.165) is 56.1 Å². The zero-order valence-electron chi connectivity index (χ0n) is 20.3. The van der Waals surface area contributed by atoms with E-state index in [1.807, 2.05) is 29.2 Å². The SMILES string of the molecule is COCCCN1C(=O)N(Cc2ccc(OC)cc2)C(=O)C12CCN(CC1CCCCC1)CC2. The zero-order chi connectivity index (χ0) is 23.3. The molecule has 0 unspecified atom stereocenters. The molecule has 0 radical (unpaired) electrons. The van der Waals surface area contributed by atoms with Gasteiger partial charge in [0.25, 0.3) is 5.91 Å². The number of piperidine rings is 1. The van der Waals surface area contributed by atoms with Gasteiger partial charge in [-0.3, -0.25) is 9.69 Å². The van der Waals surface area contributed by atoms with Gasteiger partial charge in [-0.1, -0.05) is 31.4 Å². The highest BCUT2D eigenvalue weighted by Crippen LogP contribution is 2.39. The molecule has 33 heavy (non-hydrogen) atoms. The van der Waals surface area contributed by atoms with E-state index >= 15 is 0 Å². The third kappa shape index (κ3) is 5.19. The van der Waals surface area contributed by atoms with E-state index in [1.54, 1.807) is 14.2 Å². The number of methoxy groups -OCH3 is 2. The third-order valence-electron chi connectivity index (χ3n) is 7.78. The van der Waals surface area contributed by atoms with Gasteiger partial charge in [-0.15, -0.1) is 0 Å². The molecule has 7 heteroatoms. The van der Waals surface area contributed by atoms with E-state index < -0.39 is 5.54 Å². The molecule has 2 saturated heterocycles. The van der Waals surface area contributed by atoms with E-state index in [0.29, 0.717) is 19.7 Å². The molecule has 3 aliphatic rings. The summed E-state index contributed by atoms with van der Waals surface area (Å²) in [6, 6.07) is 7.43. The topological polar surface area (TPSA) is 62.3 Å². The third-order valence-corrected chi connectivity index (χ3v) is 7.78. The van der Waals surface area contributed by atoms with Gasteiger partial charge in [-0.25, -0.2) is 4.79 Å². The van der Waals surface area contributed by atoms with Gasteiger partial charge in [-0.05, 0) is 55.7 Å². The second kappa shape index (κ2) is 10.9. The van der Waals surface area contributed by atoms with E-state index in [4.69, 9.17) is 9.47 Å². The van der Waals surface area contributed by atoms with Crippen molar-refractivity contribution in [2.24, 2.45) is 5.92 Å². The molecule has 3 fully saturated rings. The van der Waals surface area contributed by atoms with E-state index in [9.17, 15) is 9.59 Å². The Morgan fingerprint density at radius 3 is 2.33 bits per heavy atom. The molecule has 0 aromatic heterocycles. The largest absolute Gasteiger partial charge is 0.497 e. The van der Waals surface area contributed by atoms with Crippen LogP contribution in [0.15, 0.2) is 24.3 Å². The lowest BCUT2D eigenvalue weighted by Gasteiger charge is -2.43. The van der Waals surface area contributed by atoms with Gasteiger partial charge >= 0.3 is 6.03 Å². The molecule has 1 aromatic rings. The average Bonchev–Trinajstić information content (AvgIpc) is 3.03. The molecule has 1 saturated carbocycles. The fourth-order valence-corrected chi connectivity index (χ4v) is 5.84. The van der Waals surface area contributed by atoms with Crippen molar-refractivity contribution in [3.8, 4) is 5.75 Å². The predicted molar refractivity (Wildman–Crippen MR) is 127 cm³/mol. The van der Waals surface area contributed by atoms with Crippen LogP contribution >= 0.6 is 0 Å². The summed E-state index contributed by atoms with van der Waals surface area (Å²) in [7, 11) is 3.30. The normalized spacial score (nSPS) is 21.9. The molecule has 2 aliphatic heterocycles. The van der Waals surface area contributed by atoms with Gasteiger partial charge in [0.15, 0.2) is 0 Å². The molecule has 1 aliphatic carbocycles. The number of ether oxygens (including phenoxy) is 2. The molecule has 1 spiro atoms. The first-order valence-corrected chi connectivity index (χ1v) is 12.5. The number of amides is 3. The van der Waals surface area contributed by atoms with Crippen molar-refractivity contribution in [2.75, 3.05) is 47.0 Å². The van der Waals surface area contributed by atoms with Gasteiger partial charge in [0.05, 0.1) is 13.7 Å². The van der Waals surface area contributed by atoms with Gasteiger partial charge < -0.3 is 19.3 Å². The molecule has 4 rings (SSSR count). The maximum atomic E-state index is 13.7. The van der Waals surface area contributed by atoms with Crippen LogP contribution in [0.4, 0.5) is 4.79 Å². The Morgan fingerprint density at radius 1 is 1.00 bits per heavy atom. The number of benzene rings is 1. The lowest BCUT2D eigenvalue weighted by molar-refractivity contribution is -0.136. The van der Waals surface area contributed by atoms with E-state index in [1.165, 1.54) is 37.0 Å². The first-order chi connectivity index (χ1) is 16.1. The summed E-state index contributed by atoms with van der Waals surface area (Å²) in [6.07, 6.45) is 8.91. The summed E-state index contributed by atoms with van der Waals surface area (Å²) in [4.78, 5) is 33.1. The molecule has 7 nitrogen and oxygen atoms in total. The van der Waals surface area contributed by atoms with E-state index in [-0.39, 0.29) is 11.9 Å². The summed E-state index contributed by atoms with van der Waals surface area (Å²) in [5.74, 6) is 1.52. The highest BCUT2D eigenvalue weighted by molar-refractivity contribution is 6.07. The Hall–Kier alpha value is -2.12. The lowest BCUT2D eigenvalue weighted by Crippen LogP contribution is -2.57. The summed E-state index contributed by atoms with van der Waals surface area (Å²) >= 11 is 0. The fraction of sp³-hybridized carbons (Fsp3) is 0.692. The Bertz CT molecular complexity index is 798. The van der Waals surface area contributed by atoms with Crippen molar-refractivity contribution in [1.82, 2.24) is 14.7 Å². The maximum Gasteiger partial charge on any atom is 0.327 e. The summed E-state index contributed by atoms with van der Waals surface area (Å²) in [6.45, 7) is 4.34. The number of carbonyl (C=O) groups is 2. The highest BCUT2D eigenvalue weighted by atomic mass is 16.5. The van der Waals surface area contributed by atoms with Crippen LogP contribution in [0.3, 0.4) is 0 Å². The van der Waals surface area contributed by atoms with Crippen molar-refractivity contribution >= 4 is 11.9 Å². The minimum atomic E-state index is -0.708. The molecule has 1 aromatic carbocycles. The van der Waals surface area contributed by atoms with Crippen LogP contribution in [0.5, 0.6) is 5.75 Å². The van der Waals surface area contributed by atoms with Crippen molar-refractivity contribution < 1.29 is 19.1 Å². The number of hydrogen-bond donors (Lipinski definition) is 0. The summed E-state index contributed by atoms with van der Waals surface area (Å²) in [5, 5.41) is 0. The zero-order valence-corrected chi connectivity index (χ0v) is 20.3. The smallest absolute Gasteiger partial charge is 0.327 e. The Balaban J connectivity index is 1.46. The van der Waals surface area contributed by atoms with Crippen LogP contribution in [-0.4, -0.2) is 79.2 Å². The van der Waals surface area contributed by atoms with Crippen molar-refractivity contribution in [1.29, 1.82) is 0 Å². The molecule has 0 N–H and O–H groups in total. The monoisotopic (exact) mass is 457 g/mol. The van der Waals surface area contributed by atoms with E-state index in [2.05, 4.69) is 4.90 Å². The van der Waals surface area contributed by atoms with Crippen LogP contribution in [-0.2, 0) is 16.1 Å². The quantitative estimate of drug-likeness (QED) is 0.416. The standard InChI is InChI=1S/C26H39N3O4/c1-32-18-6-15-29-25(31)28(20-22-9-11-23(33-2)12-10-22)24(30)26(29)13-16-27(17-14-26)19-21-7-4-3-5-8-21/h9-12,21H,3-8,13-20H2,1-2H3. The first kappa shape index (κ1) is 24.0. The number of nitrogens with zero attached hydrogens (tertiary/aromatic N) is 3. The van der Waals surface area contributed by atoms with Gasteiger partial charge in [0.1, 0.15) is 11.3 Å². The average molecular weight is 458 g/mol. The second-order valence-electron chi connectivity index (χ2n) is 9.86. The van der Waals surface area contributed by atoms with Gasteiger partial charge in [0, 0.05) is 39.9 Å². The van der Waals surface area contributed by atoms with Crippen molar-refractivity contribution in [3.05, 3.63) is 29.8 Å². The van der Waals surface area contributed by atoms with Gasteiger partial charge in [0.2, 0.25) is 0 Å².